The molecule has 1 heterocycles. The second-order valence-electron chi connectivity index (χ2n) is 4.64. The van der Waals surface area contributed by atoms with Crippen molar-refractivity contribution < 1.29 is 9.53 Å². The quantitative estimate of drug-likeness (QED) is 0.789. The summed E-state index contributed by atoms with van der Waals surface area (Å²) in [5, 5.41) is 3.41. The number of amides is 1. The number of carbonyl (C=O) groups excluding carboxylic acids is 1. The molecule has 2 atom stereocenters. The molecule has 102 valence electrons. The van der Waals surface area contributed by atoms with Crippen LogP contribution in [0, 0.1) is 0 Å². The van der Waals surface area contributed by atoms with Crippen molar-refractivity contribution >= 4 is 18.3 Å². The lowest BCUT2D eigenvalue weighted by molar-refractivity contribution is -0.132. The molecule has 2 unspecified atom stereocenters. The molecule has 1 amide bonds. The lowest BCUT2D eigenvalue weighted by Gasteiger charge is -2.24. The Kier molecular flexibility index (Phi) is 8.56. The van der Waals surface area contributed by atoms with Crippen LogP contribution in [-0.4, -0.2) is 50.2 Å². The number of hydrogen-bond donors (Lipinski definition) is 1. The molecule has 0 saturated carbocycles. The Morgan fingerprint density at radius 2 is 2.29 bits per heavy atom. The van der Waals surface area contributed by atoms with Crippen LogP contribution < -0.4 is 5.32 Å². The zero-order valence-electron chi connectivity index (χ0n) is 11.1. The van der Waals surface area contributed by atoms with Gasteiger partial charge in [0.1, 0.15) is 0 Å². The maximum Gasteiger partial charge on any atom is 0.222 e. The summed E-state index contributed by atoms with van der Waals surface area (Å²) in [6, 6.07) is 0.712. The van der Waals surface area contributed by atoms with Crippen LogP contribution in [0.2, 0.25) is 0 Å². The summed E-state index contributed by atoms with van der Waals surface area (Å²) in [4.78, 5) is 13.6. The summed E-state index contributed by atoms with van der Waals surface area (Å²) in [6.07, 6.45) is 4.06. The Hall–Kier alpha value is -0.320. The van der Waals surface area contributed by atoms with Gasteiger partial charge >= 0.3 is 0 Å². The highest BCUT2D eigenvalue weighted by molar-refractivity contribution is 5.85. The van der Waals surface area contributed by atoms with Crippen LogP contribution in [0.3, 0.4) is 0 Å². The molecule has 1 N–H and O–H groups in total. The lowest BCUT2D eigenvalue weighted by Crippen LogP contribution is -2.38. The van der Waals surface area contributed by atoms with Crippen molar-refractivity contribution in [3.05, 3.63) is 0 Å². The van der Waals surface area contributed by atoms with E-state index in [0.717, 1.165) is 13.0 Å². The average molecular weight is 265 g/mol. The van der Waals surface area contributed by atoms with Gasteiger partial charge in [0.15, 0.2) is 0 Å². The maximum absolute atomic E-state index is 11.9. The van der Waals surface area contributed by atoms with Gasteiger partial charge < -0.3 is 15.0 Å². The van der Waals surface area contributed by atoms with Gasteiger partial charge in [0.25, 0.3) is 0 Å². The molecule has 0 radical (unpaired) electrons. The van der Waals surface area contributed by atoms with E-state index in [2.05, 4.69) is 5.32 Å². The van der Waals surface area contributed by atoms with Gasteiger partial charge in [-0.1, -0.05) is 0 Å². The molecule has 1 rings (SSSR count). The predicted molar refractivity (Wildman–Crippen MR) is 71.6 cm³/mol. The monoisotopic (exact) mass is 264 g/mol. The molecule has 0 aromatic heterocycles. The maximum atomic E-state index is 11.9. The van der Waals surface area contributed by atoms with Gasteiger partial charge in [0.05, 0.1) is 12.6 Å². The fourth-order valence-electron chi connectivity index (χ4n) is 2.08. The molecule has 0 aliphatic carbocycles. The molecule has 5 heteroatoms. The SMILES string of the molecule is COCC(C)N(C)C(=O)CCC1CCCN1.Cl. The highest BCUT2D eigenvalue weighted by Gasteiger charge is 2.19. The zero-order valence-corrected chi connectivity index (χ0v) is 11.9. The first-order valence-electron chi connectivity index (χ1n) is 6.13. The fraction of sp³-hybridized carbons (Fsp3) is 0.917. The standard InChI is InChI=1S/C12H24N2O2.ClH/c1-10(9-16-3)14(2)12(15)7-6-11-5-4-8-13-11;/h10-11,13H,4-9H2,1-3H3;1H. The number of nitrogens with zero attached hydrogens (tertiary/aromatic N) is 1. The van der Waals surface area contributed by atoms with E-state index in [1.165, 1.54) is 12.8 Å². The molecule has 4 nitrogen and oxygen atoms in total. The third-order valence-electron chi connectivity index (χ3n) is 3.33. The first kappa shape index (κ1) is 16.7. The van der Waals surface area contributed by atoms with Crippen molar-refractivity contribution in [3.63, 3.8) is 0 Å². The van der Waals surface area contributed by atoms with Crippen LogP contribution >= 0.6 is 12.4 Å². The Bertz CT molecular complexity index is 221. The van der Waals surface area contributed by atoms with Crippen LogP contribution in [-0.2, 0) is 9.53 Å². The van der Waals surface area contributed by atoms with E-state index in [0.29, 0.717) is 19.1 Å². The highest BCUT2D eigenvalue weighted by Crippen LogP contribution is 2.12. The minimum atomic E-state index is 0. The fourth-order valence-corrected chi connectivity index (χ4v) is 2.08. The molecule has 0 aromatic carbocycles. The van der Waals surface area contributed by atoms with E-state index in [1.807, 2.05) is 14.0 Å². The Morgan fingerprint density at radius 1 is 1.59 bits per heavy atom. The zero-order chi connectivity index (χ0) is 12.0. The van der Waals surface area contributed by atoms with Crippen molar-refractivity contribution in [2.45, 2.75) is 44.7 Å². The number of rotatable bonds is 6. The predicted octanol–water partition coefficient (Wildman–Crippen LogP) is 1.43. The van der Waals surface area contributed by atoms with Crippen molar-refractivity contribution in [3.8, 4) is 0 Å². The summed E-state index contributed by atoms with van der Waals surface area (Å²) in [5.74, 6) is 0.221. The minimum Gasteiger partial charge on any atom is -0.383 e. The summed E-state index contributed by atoms with van der Waals surface area (Å²) in [5.41, 5.74) is 0. The molecule has 0 spiro atoms. The Balaban J connectivity index is 0.00000256. The van der Waals surface area contributed by atoms with E-state index in [4.69, 9.17) is 4.74 Å². The number of hydrogen-bond acceptors (Lipinski definition) is 3. The van der Waals surface area contributed by atoms with Gasteiger partial charge in [-0.2, -0.15) is 0 Å². The van der Waals surface area contributed by atoms with Crippen LogP contribution in [0.5, 0.6) is 0 Å². The molecular weight excluding hydrogens is 240 g/mol. The van der Waals surface area contributed by atoms with E-state index in [9.17, 15) is 4.79 Å². The first-order chi connectivity index (χ1) is 7.65. The second-order valence-corrected chi connectivity index (χ2v) is 4.64. The number of carbonyl (C=O) groups is 1. The van der Waals surface area contributed by atoms with E-state index in [1.54, 1.807) is 12.0 Å². The van der Waals surface area contributed by atoms with Gasteiger partial charge in [0, 0.05) is 26.6 Å². The Labute approximate surface area is 110 Å². The van der Waals surface area contributed by atoms with E-state index in [-0.39, 0.29) is 24.4 Å². The smallest absolute Gasteiger partial charge is 0.222 e. The molecule has 1 fully saturated rings. The van der Waals surface area contributed by atoms with Crippen LogP contribution in [0.4, 0.5) is 0 Å². The van der Waals surface area contributed by atoms with Gasteiger partial charge in [-0.25, -0.2) is 0 Å². The van der Waals surface area contributed by atoms with Crippen molar-refractivity contribution in [1.29, 1.82) is 0 Å². The topological polar surface area (TPSA) is 41.6 Å². The Morgan fingerprint density at radius 3 is 2.82 bits per heavy atom. The van der Waals surface area contributed by atoms with Crippen LogP contribution in [0.15, 0.2) is 0 Å². The lowest BCUT2D eigenvalue weighted by atomic mass is 10.1. The molecule has 0 aromatic rings. The normalized spacial score (nSPS) is 20.8. The largest absolute Gasteiger partial charge is 0.383 e. The summed E-state index contributed by atoms with van der Waals surface area (Å²) < 4.78 is 5.05. The molecule has 0 bridgehead atoms. The highest BCUT2D eigenvalue weighted by atomic mass is 35.5. The van der Waals surface area contributed by atoms with Gasteiger partial charge in [0.2, 0.25) is 5.91 Å². The van der Waals surface area contributed by atoms with Crippen molar-refractivity contribution in [2.75, 3.05) is 27.3 Å². The number of likely N-dealkylation sites (N-methyl/N-ethyl adjacent to an activating group) is 1. The number of methoxy groups -OCH3 is 1. The average Bonchev–Trinajstić information content (AvgIpc) is 2.78. The summed E-state index contributed by atoms with van der Waals surface area (Å²) >= 11 is 0. The second kappa shape index (κ2) is 8.72. The molecule has 1 aliphatic rings. The third kappa shape index (κ3) is 5.70. The van der Waals surface area contributed by atoms with Gasteiger partial charge in [-0.3, -0.25) is 4.79 Å². The number of nitrogens with one attached hydrogen (secondary N) is 1. The molecular formula is C12H25ClN2O2. The van der Waals surface area contributed by atoms with Crippen molar-refractivity contribution in [1.82, 2.24) is 10.2 Å². The minimum absolute atomic E-state index is 0. The number of halogens is 1. The third-order valence-corrected chi connectivity index (χ3v) is 3.33. The first-order valence-corrected chi connectivity index (χ1v) is 6.13. The molecule has 17 heavy (non-hydrogen) atoms. The summed E-state index contributed by atoms with van der Waals surface area (Å²) in [7, 11) is 3.52. The van der Waals surface area contributed by atoms with Crippen molar-refractivity contribution in [2.24, 2.45) is 0 Å². The molecule has 1 saturated heterocycles. The van der Waals surface area contributed by atoms with E-state index >= 15 is 0 Å². The van der Waals surface area contributed by atoms with Gasteiger partial charge in [-0.15, -0.1) is 12.4 Å². The van der Waals surface area contributed by atoms with Crippen LogP contribution in [0.1, 0.15) is 32.6 Å². The molecule has 1 aliphatic heterocycles. The van der Waals surface area contributed by atoms with E-state index < -0.39 is 0 Å². The van der Waals surface area contributed by atoms with Crippen LogP contribution in [0.25, 0.3) is 0 Å². The number of ether oxygens (including phenoxy) is 1. The van der Waals surface area contributed by atoms with Gasteiger partial charge in [-0.05, 0) is 32.7 Å². The summed E-state index contributed by atoms with van der Waals surface area (Å²) in [6.45, 7) is 3.72.